The SMILES string of the molecule is Cc1ccc(=O)n(CC2CN(Cc3cccnc3)C2)n1. The van der Waals surface area contributed by atoms with Crippen LogP contribution in [0.15, 0.2) is 41.5 Å². The predicted molar refractivity (Wildman–Crippen MR) is 76.2 cm³/mol. The van der Waals surface area contributed by atoms with Gasteiger partial charge in [-0.2, -0.15) is 5.10 Å². The first kappa shape index (κ1) is 13.0. The molecule has 1 saturated heterocycles. The fraction of sp³-hybridized carbons (Fsp3) is 0.400. The standard InChI is InChI=1S/C15H18N4O/c1-12-4-5-15(20)19(17-12)11-14-9-18(10-14)8-13-3-2-6-16-7-13/h2-7,14H,8-11H2,1H3. The minimum atomic E-state index is -0.0127. The highest BCUT2D eigenvalue weighted by molar-refractivity contribution is 5.09. The largest absolute Gasteiger partial charge is 0.298 e. The van der Waals surface area contributed by atoms with E-state index in [0.717, 1.165) is 25.3 Å². The van der Waals surface area contributed by atoms with E-state index in [1.54, 1.807) is 23.0 Å². The maximum Gasteiger partial charge on any atom is 0.266 e. The van der Waals surface area contributed by atoms with E-state index in [1.165, 1.54) is 5.56 Å². The minimum absolute atomic E-state index is 0.0127. The zero-order valence-corrected chi connectivity index (χ0v) is 11.6. The summed E-state index contributed by atoms with van der Waals surface area (Å²) in [5, 5.41) is 4.28. The van der Waals surface area contributed by atoms with Gasteiger partial charge in [0.25, 0.3) is 5.56 Å². The monoisotopic (exact) mass is 270 g/mol. The molecule has 0 atom stereocenters. The number of aryl methyl sites for hydroxylation is 1. The lowest BCUT2D eigenvalue weighted by molar-refractivity contribution is 0.0764. The highest BCUT2D eigenvalue weighted by Gasteiger charge is 2.27. The van der Waals surface area contributed by atoms with Crippen molar-refractivity contribution in [3.63, 3.8) is 0 Å². The van der Waals surface area contributed by atoms with Crippen LogP contribution in [0.4, 0.5) is 0 Å². The Morgan fingerprint density at radius 2 is 2.15 bits per heavy atom. The molecule has 0 aliphatic carbocycles. The Bertz CT molecular complexity index is 632. The molecule has 104 valence electrons. The predicted octanol–water partition coefficient (Wildman–Crippen LogP) is 1.08. The summed E-state index contributed by atoms with van der Waals surface area (Å²) in [7, 11) is 0. The van der Waals surface area contributed by atoms with Crippen molar-refractivity contribution in [1.29, 1.82) is 0 Å². The summed E-state index contributed by atoms with van der Waals surface area (Å²) >= 11 is 0. The first-order valence-corrected chi connectivity index (χ1v) is 6.87. The van der Waals surface area contributed by atoms with Crippen LogP contribution < -0.4 is 5.56 Å². The lowest BCUT2D eigenvalue weighted by atomic mass is 9.99. The molecule has 0 aromatic carbocycles. The zero-order valence-electron chi connectivity index (χ0n) is 11.6. The number of aromatic nitrogens is 3. The van der Waals surface area contributed by atoms with E-state index in [2.05, 4.69) is 21.0 Å². The van der Waals surface area contributed by atoms with E-state index in [9.17, 15) is 4.79 Å². The molecule has 3 heterocycles. The summed E-state index contributed by atoms with van der Waals surface area (Å²) in [6.07, 6.45) is 3.69. The van der Waals surface area contributed by atoms with Gasteiger partial charge in [0, 0.05) is 44.0 Å². The second-order valence-corrected chi connectivity index (χ2v) is 5.42. The van der Waals surface area contributed by atoms with Crippen molar-refractivity contribution in [2.45, 2.75) is 20.0 Å². The van der Waals surface area contributed by atoms with Gasteiger partial charge >= 0.3 is 0 Å². The van der Waals surface area contributed by atoms with Gasteiger partial charge in [0.15, 0.2) is 0 Å². The van der Waals surface area contributed by atoms with Crippen LogP contribution >= 0.6 is 0 Å². The van der Waals surface area contributed by atoms with Crippen molar-refractivity contribution in [1.82, 2.24) is 19.7 Å². The molecule has 0 spiro atoms. The maximum atomic E-state index is 11.7. The molecule has 5 nitrogen and oxygen atoms in total. The molecule has 1 fully saturated rings. The van der Waals surface area contributed by atoms with Crippen LogP contribution in [-0.4, -0.2) is 32.8 Å². The highest BCUT2D eigenvalue weighted by atomic mass is 16.1. The average Bonchev–Trinajstić information content (AvgIpc) is 2.41. The number of pyridine rings is 1. The number of hydrogen-bond acceptors (Lipinski definition) is 4. The first-order chi connectivity index (χ1) is 9.70. The van der Waals surface area contributed by atoms with E-state index >= 15 is 0 Å². The lowest BCUT2D eigenvalue weighted by Gasteiger charge is -2.39. The van der Waals surface area contributed by atoms with E-state index in [4.69, 9.17) is 0 Å². The van der Waals surface area contributed by atoms with Crippen LogP contribution in [0, 0.1) is 12.8 Å². The molecular weight excluding hydrogens is 252 g/mol. The van der Waals surface area contributed by atoms with Crippen LogP contribution in [0.2, 0.25) is 0 Å². The Morgan fingerprint density at radius 1 is 1.30 bits per heavy atom. The van der Waals surface area contributed by atoms with E-state index in [0.29, 0.717) is 12.5 Å². The summed E-state index contributed by atoms with van der Waals surface area (Å²) in [5.74, 6) is 0.513. The quantitative estimate of drug-likeness (QED) is 0.834. The van der Waals surface area contributed by atoms with Gasteiger partial charge in [-0.25, -0.2) is 4.68 Å². The smallest absolute Gasteiger partial charge is 0.266 e. The van der Waals surface area contributed by atoms with Crippen molar-refractivity contribution in [2.75, 3.05) is 13.1 Å². The molecule has 2 aromatic rings. The molecule has 1 aliphatic rings. The first-order valence-electron chi connectivity index (χ1n) is 6.87. The van der Waals surface area contributed by atoms with Crippen molar-refractivity contribution in [3.05, 3.63) is 58.3 Å². The van der Waals surface area contributed by atoms with Crippen molar-refractivity contribution in [2.24, 2.45) is 5.92 Å². The number of rotatable bonds is 4. The van der Waals surface area contributed by atoms with Crippen LogP contribution in [-0.2, 0) is 13.1 Å². The summed E-state index contributed by atoms with van der Waals surface area (Å²) in [6, 6.07) is 7.40. The van der Waals surface area contributed by atoms with Gasteiger partial charge in [-0.05, 0) is 24.6 Å². The van der Waals surface area contributed by atoms with E-state index in [1.807, 2.05) is 19.2 Å². The van der Waals surface area contributed by atoms with Crippen molar-refractivity contribution < 1.29 is 0 Å². The fourth-order valence-corrected chi connectivity index (χ4v) is 2.60. The third-order valence-corrected chi connectivity index (χ3v) is 3.59. The van der Waals surface area contributed by atoms with E-state index in [-0.39, 0.29) is 5.56 Å². The summed E-state index contributed by atoms with van der Waals surface area (Å²) < 4.78 is 1.58. The molecule has 1 aliphatic heterocycles. The maximum absolute atomic E-state index is 11.7. The molecule has 2 aromatic heterocycles. The summed E-state index contributed by atoms with van der Waals surface area (Å²) in [4.78, 5) is 18.2. The van der Waals surface area contributed by atoms with Crippen LogP contribution in [0.25, 0.3) is 0 Å². The Hall–Kier alpha value is -2.01. The molecule has 20 heavy (non-hydrogen) atoms. The van der Waals surface area contributed by atoms with Gasteiger partial charge in [-0.15, -0.1) is 0 Å². The van der Waals surface area contributed by atoms with E-state index < -0.39 is 0 Å². The number of hydrogen-bond donors (Lipinski definition) is 0. The van der Waals surface area contributed by atoms with Crippen LogP contribution in [0.5, 0.6) is 0 Å². The second-order valence-electron chi connectivity index (χ2n) is 5.42. The molecule has 3 rings (SSSR count). The molecule has 5 heteroatoms. The third kappa shape index (κ3) is 2.93. The Morgan fingerprint density at radius 3 is 2.90 bits per heavy atom. The Kier molecular flexibility index (Phi) is 3.60. The molecule has 0 unspecified atom stereocenters. The zero-order chi connectivity index (χ0) is 13.9. The van der Waals surface area contributed by atoms with Gasteiger partial charge in [-0.1, -0.05) is 6.07 Å². The van der Waals surface area contributed by atoms with Gasteiger partial charge in [0.05, 0.1) is 12.2 Å². The van der Waals surface area contributed by atoms with Gasteiger partial charge in [0.2, 0.25) is 0 Å². The lowest BCUT2D eigenvalue weighted by Crippen LogP contribution is -2.48. The van der Waals surface area contributed by atoms with Gasteiger partial charge in [-0.3, -0.25) is 14.7 Å². The Labute approximate surface area is 117 Å². The summed E-state index contributed by atoms with van der Waals surface area (Å²) in [5.41, 5.74) is 2.11. The van der Waals surface area contributed by atoms with Crippen LogP contribution in [0.1, 0.15) is 11.3 Å². The summed E-state index contributed by atoms with van der Waals surface area (Å²) in [6.45, 7) is 5.57. The molecule has 0 N–H and O–H groups in total. The Balaban J connectivity index is 1.53. The van der Waals surface area contributed by atoms with Crippen LogP contribution in [0.3, 0.4) is 0 Å². The minimum Gasteiger partial charge on any atom is -0.298 e. The highest BCUT2D eigenvalue weighted by Crippen LogP contribution is 2.19. The molecule has 0 radical (unpaired) electrons. The third-order valence-electron chi connectivity index (χ3n) is 3.59. The number of likely N-dealkylation sites (tertiary alicyclic amines) is 1. The molecular formula is C15H18N4O. The fourth-order valence-electron chi connectivity index (χ4n) is 2.60. The number of nitrogens with zero attached hydrogens (tertiary/aromatic N) is 4. The average molecular weight is 270 g/mol. The normalized spacial score (nSPS) is 16.1. The second kappa shape index (κ2) is 5.54. The van der Waals surface area contributed by atoms with Crippen molar-refractivity contribution in [3.8, 4) is 0 Å². The molecule has 0 bridgehead atoms. The molecule has 0 amide bonds. The van der Waals surface area contributed by atoms with Gasteiger partial charge < -0.3 is 0 Å². The van der Waals surface area contributed by atoms with Crippen molar-refractivity contribution >= 4 is 0 Å². The van der Waals surface area contributed by atoms with Gasteiger partial charge in [0.1, 0.15) is 0 Å². The topological polar surface area (TPSA) is 51.0 Å². The molecule has 0 saturated carbocycles.